The largest absolute Gasteiger partial charge is 0.453 e. The number of hydrogen-bond acceptors (Lipinski definition) is 3. The monoisotopic (exact) mass is 316 g/mol. The number of hydrogen-bond donors (Lipinski definition) is 2. The normalized spacial score (nSPS) is 12.0. The molecular weight excluding hydrogens is 300 g/mol. The lowest BCUT2D eigenvalue weighted by molar-refractivity contribution is 0.593. The number of amidine groups is 1. The summed E-state index contributed by atoms with van der Waals surface area (Å²) in [5.41, 5.74) is 9.60. The molecule has 0 bridgehead atoms. The van der Waals surface area contributed by atoms with Crippen molar-refractivity contribution in [1.29, 1.82) is 0 Å². The average molecular weight is 316 g/mol. The molecule has 0 saturated carbocycles. The Bertz CT molecular complexity index is 992. The van der Waals surface area contributed by atoms with Crippen molar-refractivity contribution in [2.24, 2.45) is 10.7 Å². The van der Waals surface area contributed by atoms with Gasteiger partial charge < -0.3 is 15.1 Å². The molecule has 0 fully saturated rings. The van der Waals surface area contributed by atoms with Gasteiger partial charge in [0.15, 0.2) is 11.6 Å². The summed E-state index contributed by atoms with van der Waals surface area (Å²) in [6.45, 7) is 0. The molecule has 0 saturated heterocycles. The molecule has 3 N–H and O–H groups in total. The maximum atomic E-state index is 5.96. The third-order valence-electron chi connectivity index (χ3n) is 3.93. The number of nitrogens with one attached hydrogen (secondary N) is 1. The predicted molar refractivity (Wildman–Crippen MR) is 95.9 cm³/mol. The van der Waals surface area contributed by atoms with Gasteiger partial charge in [0.05, 0.1) is 11.0 Å². The van der Waals surface area contributed by atoms with E-state index in [1.807, 2.05) is 60.7 Å². The highest BCUT2D eigenvalue weighted by Crippen LogP contribution is 2.28. The van der Waals surface area contributed by atoms with Crippen LogP contribution in [-0.4, -0.2) is 22.9 Å². The molecule has 0 unspecified atom stereocenters. The predicted octanol–water partition coefficient (Wildman–Crippen LogP) is 3.83. The van der Waals surface area contributed by atoms with Crippen molar-refractivity contribution in [1.82, 2.24) is 9.97 Å². The molecule has 2 heterocycles. The van der Waals surface area contributed by atoms with E-state index in [-0.39, 0.29) is 0 Å². The Hall–Kier alpha value is -3.34. The van der Waals surface area contributed by atoms with Crippen LogP contribution in [0, 0.1) is 0 Å². The van der Waals surface area contributed by atoms with Gasteiger partial charge in [-0.15, -0.1) is 0 Å². The van der Waals surface area contributed by atoms with Crippen LogP contribution in [0.1, 0.15) is 5.56 Å². The summed E-state index contributed by atoms with van der Waals surface area (Å²) in [7, 11) is 1.68. The molecule has 5 nitrogen and oxygen atoms in total. The fourth-order valence-electron chi connectivity index (χ4n) is 2.62. The van der Waals surface area contributed by atoms with Crippen LogP contribution in [0.3, 0.4) is 0 Å². The quantitative estimate of drug-likeness (QED) is 0.445. The van der Waals surface area contributed by atoms with Crippen molar-refractivity contribution in [3.63, 3.8) is 0 Å². The molecule has 4 rings (SSSR count). The molecule has 4 aromatic rings. The van der Waals surface area contributed by atoms with Crippen molar-refractivity contribution in [2.45, 2.75) is 0 Å². The van der Waals surface area contributed by atoms with Gasteiger partial charge in [-0.3, -0.25) is 4.99 Å². The number of nitrogens with two attached hydrogens (primary N) is 1. The lowest BCUT2D eigenvalue weighted by Crippen LogP contribution is -2.12. The van der Waals surface area contributed by atoms with E-state index < -0.39 is 0 Å². The summed E-state index contributed by atoms with van der Waals surface area (Å²) in [6.07, 6.45) is 0. The third-order valence-corrected chi connectivity index (χ3v) is 3.93. The Kier molecular flexibility index (Phi) is 3.39. The van der Waals surface area contributed by atoms with Crippen molar-refractivity contribution in [3.8, 4) is 22.9 Å². The summed E-state index contributed by atoms with van der Waals surface area (Å²) < 4.78 is 5.96. The molecule has 2 aromatic carbocycles. The number of aromatic nitrogens is 2. The summed E-state index contributed by atoms with van der Waals surface area (Å²) in [5, 5.41) is 0. The minimum Gasteiger partial charge on any atom is -0.453 e. The van der Waals surface area contributed by atoms with Crippen LogP contribution in [0.15, 0.2) is 70.1 Å². The number of nitrogens with zero attached hydrogens (tertiary/aromatic N) is 2. The molecule has 0 atom stereocenters. The molecule has 0 amide bonds. The number of benzene rings is 2. The topological polar surface area (TPSA) is 80.2 Å². The van der Waals surface area contributed by atoms with Crippen molar-refractivity contribution >= 4 is 16.9 Å². The zero-order chi connectivity index (χ0) is 16.5. The van der Waals surface area contributed by atoms with Gasteiger partial charge in [0.1, 0.15) is 11.6 Å². The van der Waals surface area contributed by atoms with E-state index in [2.05, 4.69) is 15.0 Å². The Morgan fingerprint density at radius 1 is 1.00 bits per heavy atom. The molecule has 0 radical (unpaired) electrons. The molecule has 24 heavy (non-hydrogen) atoms. The number of para-hydroxylation sites is 2. The fourth-order valence-corrected chi connectivity index (χ4v) is 2.62. The van der Waals surface area contributed by atoms with Crippen molar-refractivity contribution in [2.75, 3.05) is 7.05 Å². The zero-order valence-electron chi connectivity index (χ0n) is 13.2. The molecular formula is C19H16N4O. The van der Waals surface area contributed by atoms with Crippen LogP contribution >= 0.6 is 0 Å². The molecule has 118 valence electrons. The zero-order valence-corrected chi connectivity index (χ0v) is 13.2. The fraction of sp³-hybridized carbons (Fsp3) is 0.0526. The van der Waals surface area contributed by atoms with Gasteiger partial charge in [0.25, 0.3) is 0 Å². The number of aromatic amines is 1. The standard InChI is InChI=1S/C19H16N4O/c1-21-18(20)13-8-6-12(7-9-13)16-10-11-17(24-16)19-22-14-4-2-3-5-15(14)23-19/h2-11H,1H3,(H2,20,21)(H,22,23). The first-order chi connectivity index (χ1) is 11.7. The lowest BCUT2D eigenvalue weighted by atomic mass is 10.1. The molecule has 0 aliphatic carbocycles. The Labute approximate surface area is 138 Å². The second-order valence-electron chi connectivity index (χ2n) is 5.45. The van der Waals surface area contributed by atoms with E-state index in [4.69, 9.17) is 10.2 Å². The van der Waals surface area contributed by atoms with Crippen molar-refractivity contribution < 1.29 is 4.42 Å². The van der Waals surface area contributed by atoms with Gasteiger partial charge in [-0.2, -0.15) is 0 Å². The number of H-pyrrole nitrogens is 1. The summed E-state index contributed by atoms with van der Waals surface area (Å²) in [4.78, 5) is 11.8. The van der Waals surface area contributed by atoms with Gasteiger partial charge in [-0.05, 0) is 24.3 Å². The molecule has 0 spiro atoms. The molecule has 2 aromatic heterocycles. The van der Waals surface area contributed by atoms with E-state index in [0.717, 1.165) is 33.7 Å². The van der Waals surface area contributed by atoms with Crippen LogP contribution in [0.25, 0.3) is 33.9 Å². The number of fused-ring (bicyclic) bond motifs is 1. The second-order valence-corrected chi connectivity index (χ2v) is 5.45. The minimum absolute atomic E-state index is 0.518. The molecule has 0 aliphatic heterocycles. The van der Waals surface area contributed by atoms with Gasteiger partial charge in [-0.1, -0.05) is 36.4 Å². The minimum atomic E-state index is 0.518. The SMILES string of the molecule is CN=C(N)c1ccc(-c2ccc(-c3nc4ccccc4[nH]3)o2)cc1. The van der Waals surface area contributed by atoms with Gasteiger partial charge in [0.2, 0.25) is 0 Å². The number of rotatable bonds is 3. The molecule has 0 aliphatic rings. The first-order valence-corrected chi connectivity index (χ1v) is 7.62. The second kappa shape index (κ2) is 5.70. The van der Waals surface area contributed by atoms with Gasteiger partial charge in [0, 0.05) is 18.2 Å². The van der Waals surface area contributed by atoms with Crippen LogP contribution in [0.5, 0.6) is 0 Å². The lowest BCUT2D eigenvalue weighted by Gasteiger charge is -2.01. The van der Waals surface area contributed by atoms with E-state index >= 15 is 0 Å². The third kappa shape index (κ3) is 2.46. The van der Waals surface area contributed by atoms with Crippen LogP contribution in [-0.2, 0) is 0 Å². The maximum absolute atomic E-state index is 5.96. The van der Waals surface area contributed by atoms with Crippen LogP contribution < -0.4 is 5.73 Å². The van der Waals surface area contributed by atoms with Crippen LogP contribution in [0.4, 0.5) is 0 Å². The van der Waals surface area contributed by atoms with Crippen molar-refractivity contribution in [3.05, 3.63) is 66.2 Å². The van der Waals surface area contributed by atoms with E-state index in [0.29, 0.717) is 11.6 Å². The summed E-state index contributed by atoms with van der Waals surface area (Å²) >= 11 is 0. The smallest absolute Gasteiger partial charge is 0.174 e. The Balaban J connectivity index is 1.67. The summed E-state index contributed by atoms with van der Waals surface area (Å²) in [5.74, 6) is 2.73. The number of furan rings is 1. The highest BCUT2D eigenvalue weighted by atomic mass is 16.3. The highest BCUT2D eigenvalue weighted by Gasteiger charge is 2.11. The van der Waals surface area contributed by atoms with Gasteiger partial charge >= 0.3 is 0 Å². The Morgan fingerprint density at radius 2 is 1.75 bits per heavy atom. The van der Waals surface area contributed by atoms with E-state index in [9.17, 15) is 0 Å². The van der Waals surface area contributed by atoms with Gasteiger partial charge in [-0.25, -0.2) is 4.98 Å². The van der Waals surface area contributed by atoms with E-state index in [1.54, 1.807) is 7.05 Å². The highest BCUT2D eigenvalue weighted by molar-refractivity contribution is 5.97. The maximum Gasteiger partial charge on any atom is 0.174 e. The number of aliphatic imine (C=N–C) groups is 1. The van der Waals surface area contributed by atoms with E-state index in [1.165, 1.54) is 0 Å². The first kappa shape index (κ1) is 14.3. The van der Waals surface area contributed by atoms with Crippen LogP contribution in [0.2, 0.25) is 0 Å². The molecule has 5 heteroatoms. The number of imidazole rings is 1. The first-order valence-electron chi connectivity index (χ1n) is 7.62. The summed E-state index contributed by atoms with van der Waals surface area (Å²) in [6, 6.07) is 19.6. The Morgan fingerprint density at radius 3 is 2.50 bits per heavy atom. The average Bonchev–Trinajstić information content (AvgIpc) is 3.27.